The largest absolute Gasteiger partial charge is 0.350 e. The van der Waals surface area contributed by atoms with Crippen LogP contribution in [0.2, 0.25) is 0 Å². The Morgan fingerprint density at radius 3 is 2.41 bits per heavy atom. The van der Waals surface area contributed by atoms with Crippen LogP contribution in [0.5, 0.6) is 0 Å². The maximum Gasteiger partial charge on any atom is 0.271 e. The average Bonchev–Trinajstić information content (AvgIpc) is 2.97. The highest BCUT2D eigenvalue weighted by molar-refractivity contribution is 7.88. The first-order valence-electron chi connectivity index (χ1n) is 9.70. The number of benzene rings is 1. The molecule has 9 heteroatoms. The molecule has 0 saturated carbocycles. The molecule has 2 aromatic rings. The molecule has 1 aromatic carbocycles. The van der Waals surface area contributed by atoms with Crippen LogP contribution < -0.4 is 5.32 Å². The van der Waals surface area contributed by atoms with E-state index in [0.29, 0.717) is 44.6 Å². The van der Waals surface area contributed by atoms with Gasteiger partial charge >= 0.3 is 0 Å². The summed E-state index contributed by atoms with van der Waals surface area (Å²) >= 11 is 0. The number of aromatic nitrogens is 2. The van der Waals surface area contributed by atoms with Gasteiger partial charge in [0.1, 0.15) is 17.3 Å². The molecule has 0 spiro atoms. The molecular formula is C20H27FN4O3S. The van der Waals surface area contributed by atoms with Crippen LogP contribution in [0.4, 0.5) is 4.39 Å². The van der Waals surface area contributed by atoms with Gasteiger partial charge in [-0.1, -0.05) is 12.1 Å². The van der Waals surface area contributed by atoms with Crippen LogP contribution in [0, 0.1) is 19.7 Å². The first kappa shape index (κ1) is 21.4. The molecule has 0 atom stereocenters. The predicted molar refractivity (Wildman–Crippen MR) is 109 cm³/mol. The van der Waals surface area contributed by atoms with Crippen molar-refractivity contribution in [2.24, 2.45) is 0 Å². The molecule has 1 aromatic heterocycles. The number of halogens is 1. The fourth-order valence-corrected chi connectivity index (χ4v) is 4.77. The number of amides is 1. The number of carbonyl (C=O) groups is 1. The van der Waals surface area contributed by atoms with Gasteiger partial charge in [0.25, 0.3) is 5.91 Å². The van der Waals surface area contributed by atoms with Crippen LogP contribution in [0.3, 0.4) is 0 Å². The van der Waals surface area contributed by atoms with Crippen LogP contribution in [0.1, 0.15) is 46.5 Å². The summed E-state index contributed by atoms with van der Waals surface area (Å²) in [5.41, 5.74) is 2.13. The lowest BCUT2D eigenvalue weighted by Crippen LogP contribution is -2.38. The van der Waals surface area contributed by atoms with Crippen molar-refractivity contribution >= 4 is 15.9 Å². The average molecular weight is 423 g/mol. The van der Waals surface area contributed by atoms with E-state index in [1.807, 2.05) is 13.8 Å². The number of carbonyl (C=O) groups excluding carboxylic acids is 1. The van der Waals surface area contributed by atoms with Crippen molar-refractivity contribution in [3.05, 3.63) is 52.9 Å². The SMILES string of the molecule is Cc1nc(C(=O)NCCc2ccc(F)cc2)c(C)n1C1CCN(S(C)(=O)=O)CC1. The molecule has 0 unspecified atom stereocenters. The van der Waals surface area contributed by atoms with Crippen molar-refractivity contribution < 1.29 is 17.6 Å². The van der Waals surface area contributed by atoms with Gasteiger partial charge in [-0.2, -0.15) is 0 Å². The number of rotatable bonds is 6. The molecule has 7 nitrogen and oxygen atoms in total. The van der Waals surface area contributed by atoms with Crippen molar-refractivity contribution in [3.63, 3.8) is 0 Å². The second-order valence-corrected chi connectivity index (χ2v) is 9.47. The number of piperidine rings is 1. The lowest BCUT2D eigenvalue weighted by molar-refractivity contribution is 0.0948. The normalized spacial score (nSPS) is 16.1. The van der Waals surface area contributed by atoms with E-state index in [4.69, 9.17) is 0 Å². The topological polar surface area (TPSA) is 84.3 Å². The van der Waals surface area contributed by atoms with Crippen molar-refractivity contribution in [1.29, 1.82) is 0 Å². The summed E-state index contributed by atoms with van der Waals surface area (Å²) in [5.74, 6) is 0.237. The Morgan fingerprint density at radius 1 is 1.21 bits per heavy atom. The van der Waals surface area contributed by atoms with Crippen LogP contribution in [-0.2, 0) is 16.4 Å². The molecule has 1 fully saturated rings. The zero-order chi connectivity index (χ0) is 21.2. The zero-order valence-corrected chi connectivity index (χ0v) is 17.8. The van der Waals surface area contributed by atoms with Crippen LogP contribution in [0.25, 0.3) is 0 Å². The minimum atomic E-state index is -3.17. The summed E-state index contributed by atoms with van der Waals surface area (Å²) in [6.07, 6.45) is 3.22. The molecule has 2 heterocycles. The van der Waals surface area contributed by atoms with Crippen LogP contribution >= 0.6 is 0 Å². The lowest BCUT2D eigenvalue weighted by Gasteiger charge is -2.32. The van der Waals surface area contributed by atoms with Crippen molar-refractivity contribution in [3.8, 4) is 0 Å². The number of sulfonamides is 1. The Bertz CT molecular complexity index is 978. The number of hydrogen-bond acceptors (Lipinski definition) is 4. The van der Waals surface area contributed by atoms with Gasteiger partial charge in [0.2, 0.25) is 10.0 Å². The number of nitrogens with zero attached hydrogens (tertiary/aromatic N) is 3. The standard InChI is InChI=1S/C20H27FN4O3S/c1-14-19(20(26)22-11-8-16-4-6-17(21)7-5-16)23-15(2)25(14)18-9-12-24(13-10-18)29(3,27)28/h4-7,18H,8-13H2,1-3H3,(H,22,26). The number of aryl methyl sites for hydroxylation is 1. The minimum Gasteiger partial charge on any atom is -0.350 e. The van der Waals surface area contributed by atoms with Gasteiger partial charge in [-0.05, 0) is 50.8 Å². The molecule has 1 saturated heterocycles. The van der Waals surface area contributed by atoms with Crippen LogP contribution in [0.15, 0.2) is 24.3 Å². The second-order valence-electron chi connectivity index (χ2n) is 7.49. The number of hydrogen-bond donors (Lipinski definition) is 1. The monoisotopic (exact) mass is 422 g/mol. The Kier molecular flexibility index (Phi) is 6.38. The van der Waals surface area contributed by atoms with Gasteiger partial charge in [-0.25, -0.2) is 22.1 Å². The van der Waals surface area contributed by atoms with Gasteiger partial charge in [-0.3, -0.25) is 4.79 Å². The molecule has 1 aliphatic heterocycles. The van der Waals surface area contributed by atoms with E-state index in [1.165, 1.54) is 22.7 Å². The summed E-state index contributed by atoms with van der Waals surface area (Å²) in [6, 6.07) is 6.34. The molecule has 1 amide bonds. The van der Waals surface area contributed by atoms with E-state index in [9.17, 15) is 17.6 Å². The molecule has 158 valence electrons. The Hall–Kier alpha value is -2.26. The van der Waals surface area contributed by atoms with E-state index in [0.717, 1.165) is 17.1 Å². The molecular weight excluding hydrogens is 395 g/mol. The van der Waals surface area contributed by atoms with E-state index in [1.54, 1.807) is 12.1 Å². The van der Waals surface area contributed by atoms with E-state index in [-0.39, 0.29) is 17.8 Å². The fraction of sp³-hybridized carbons (Fsp3) is 0.500. The van der Waals surface area contributed by atoms with Crippen molar-refractivity contribution in [1.82, 2.24) is 19.2 Å². The second kappa shape index (κ2) is 8.62. The summed E-state index contributed by atoms with van der Waals surface area (Å²) < 4.78 is 39.9. The smallest absolute Gasteiger partial charge is 0.271 e. The maximum absolute atomic E-state index is 13.0. The zero-order valence-electron chi connectivity index (χ0n) is 17.0. The van der Waals surface area contributed by atoms with Gasteiger partial charge in [0, 0.05) is 31.4 Å². The molecule has 0 bridgehead atoms. The predicted octanol–water partition coefficient (Wildman–Crippen LogP) is 2.21. The van der Waals surface area contributed by atoms with Gasteiger partial charge in [0.15, 0.2) is 0 Å². The highest BCUT2D eigenvalue weighted by atomic mass is 32.2. The Labute approximate surface area is 171 Å². The number of nitrogens with one attached hydrogen (secondary N) is 1. The first-order valence-corrected chi connectivity index (χ1v) is 11.5. The molecule has 1 N–H and O–H groups in total. The Morgan fingerprint density at radius 2 is 1.83 bits per heavy atom. The van der Waals surface area contributed by atoms with E-state index < -0.39 is 10.0 Å². The highest BCUT2D eigenvalue weighted by Gasteiger charge is 2.29. The van der Waals surface area contributed by atoms with Gasteiger partial charge < -0.3 is 9.88 Å². The quantitative estimate of drug-likeness (QED) is 0.774. The van der Waals surface area contributed by atoms with Crippen LogP contribution in [-0.4, -0.2) is 54.1 Å². The van der Waals surface area contributed by atoms with E-state index >= 15 is 0 Å². The molecule has 0 aliphatic carbocycles. The maximum atomic E-state index is 13.0. The minimum absolute atomic E-state index is 0.126. The first-order chi connectivity index (χ1) is 13.7. The van der Waals surface area contributed by atoms with Gasteiger partial charge in [-0.15, -0.1) is 0 Å². The van der Waals surface area contributed by atoms with Gasteiger partial charge in [0.05, 0.1) is 6.26 Å². The van der Waals surface area contributed by atoms with Crippen molar-refractivity contribution in [2.45, 2.75) is 39.2 Å². The summed E-state index contributed by atoms with van der Waals surface area (Å²) in [4.78, 5) is 17.1. The third kappa shape index (κ3) is 5.02. The summed E-state index contributed by atoms with van der Waals surface area (Å²) in [5, 5.41) is 2.88. The summed E-state index contributed by atoms with van der Waals surface area (Å²) in [6.45, 7) is 5.12. The highest BCUT2D eigenvalue weighted by Crippen LogP contribution is 2.27. The molecule has 29 heavy (non-hydrogen) atoms. The fourth-order valence-electron chi connectivity index (χ4n) is 3.89. The molecule has 0 radical (unpaired) electrons. The molecule has 1 aliphatic rings. The number of imidazole rings is 1. The third-order valence-electron chi connectivity index (χ3n) is 5.41. The third-order valence-corrected chi connectivity index (χ3v) is 6.71. The summed E-state index contributed by atoms with van der Waals surface area (Å²) in [7, 11) is -3.17. The Balaban J connectivity index is 1.63. The van der Waals surface area contributed by atoms with E-state index in [2.05, 4.69) is 14.9 Å². The lowest BCUT2D eigenvalue weighted by atomic mass is 10.1. The van der Waals surface area contributed by atoms with Crippen molar-refractivity contribution in [2.75, 3.05) is 25.9 Å². The molecule has 3 rings (SSSR count).